The van der Waals surface area contributed by atoms with Crippen molar-refractivity contribution in [3.05, 3.63) is 71.0 Å². The predicted molar refractivity (Wildman–Crippen MR) is 89.1 cm³/mol. The molecule has 0 atom stereocenters. The molecule has 3 nitrogen and oxygen atoms in total. The lowest BCUT2D eigenvalue weighted by Crippen LogP contribution is -2.26. The van der Waals surface area contributed by atoms with Crippen molar-refractivity contribution >= 4 is 5.97 Å². The number of hydrogen-bond donors (Lipinski definition) is 1. The predicted octanol–water partition coefficient (Wildman–Crippen LogP) is 3.98. The minimum Gasteiger partial charge on any atom is -0.478 e. The van der Waals surface area contributed by atoms with Gasteiger partial charge >= 0.3 is 5.97 Å². The molecular formula is C19H22FNO2. The van der Waals surface area contributed by atoms with Crippen LogP contribution < -0.4 is 0 Å². The van der Waals surface area contributed by atoms with E-state index in [0.29, 0.717) is 12.1 Å². The van der Waals surface area contributed by atoms with Gasteiger partial charge in [0.25, 0.3) is 0 Å². The maximum absolute atomic E-state index is 13.2. The summed E-state index contributed by atoms with van der Waals surface area (Å²) in [6, 6.07) is 13.7. The van der Waals surface area contributed by atoms with Gasteiger partial charge in [0.05, 0.1) is 5.56 Å². The van der Waals surface area contributed by atoms with Gasteiger partial charge in [0.1, 0.15) is 5.82 Å². The van der Waals surface area contributed by atoms with Crippen molar-refractivity contribution in [2.24, 2.45) is 0 Å². The molecule has 0 unspecified atom stereocenters. The van der Waals surface area contributed by atoms with Crippen LogP contribution in [0.25, 0.3) is 0 Å². The second-order valence-electron chi connectivity index (χ2n) is 5.66. The summed E-state index contributed by atoms with van der Waals surface area (Å²) >= 11 is 0. The third-order valence-corrected chi connectivity index (χ3v) is 3.73. The molecule has 1 N–H and O–H groups in total. The van der Waals surface area contributed by atoms with E-state index in [2.05, 4.69) is 11.8 Å². The Morgan fingerprint density at radius 3 is 2.52 bits per heavy atom. The lowest BCUT2D eigenvalue weighted by Gasteiger charge is -2.22. The zero-order valence-electron chi connectivity index (χ0n) is 13.3. The summed E-state index contributed by atoms with van der Waals surface area (Å²) in [5.41, 5.74) is 2.27. The van der Waals surface area contributed by atoms with Crippen molar-refractivity contribution < 1.29 is 14.3 Å². The van der Waals surface area contributed by atoms with Gasteiger partial charge in [-0.2, -0.15) is 0 Å². The lowest BCUT2D eigenvalue weighted by molar-refractivity contribution is 0.0696. The molecule has 0 heterocycles. The SMILES string of the molecule is CCCN(CCc1cccc(F)c1)Cc1cccc(C(=O)O)c1. The summed E-state index contributed by atoms with van der Waals surface area (Å²) in [5, 5.41) is 9.08. The number of benzene rings is 2. The Bertz CT molecular complexity index is 657. The van der Waals surface area contributed by atoms with Crippen LogP contribution in [0.2, 0.25) is 0 Å². The molecule has 2 aromatic rings. The first-order chi connectivity index (χ1) is 11.1. The smallest absolute Gasteiger partial charge is 0.335 e. The first kappa shape index (κ1) is 17.2. The Morgan fingerprint density at radius 1 is 1.09 bits per heavy atom. The Hall–Kier alpha value is -2.20. The van der Waals surface area contributed by atoms with E-state index in [1.54, 1.807) is 30.3 Å². The molecule has 122 valence electrons. The summed E-state index contributed by atoms with van der Waals surface area (Å²) in [5.74, 6) is -1.12. The molecule has 0 aliphatic carbocycles. The molecule has 4 heteroatoms. The number of carboxylic acid groups (broad SMARTS) is 1. The van der Waals surface area contributed by atoms with Crippen LogP contribution in [0.5, 0.6) is 0 Å². The van der Waals surface area contributed by atoms with Crippen LogP contribution in [-0.2, 0) is 13.0 Å². The molecule has 0 aromatic heterocycles. The number of hydrogen-bond acceptors (Lipinski definition) is 2. The fourth-order valence-corrected chi connectivity index (χ4v) is 2.63. The molecule has 0 bridgehead atoms. The molecular weight excluding hydrogens is 293 g/mol. The third-order valence-electron chi connectivity index (χ3n) is 3.73. The van der Waals surface area contributed by atoms with E-state index in [9.17, 15) is 9.18 Å². The molecule has 0 amide bonds. The Balaban J connectivity index is 2.00. The van der Waals surface area contributed by atoms with Gasteiger partial charge in [0.2, 0.25) is 0 Å². The monoisotopic (exact) mass is 315 g/mol. The number of nitrogens with zero attached hydrogens (tertiary/aromatic N) is 1. The summed E-state index contributed by atoms with van der Waals surface area (Å²) in [4.78, 5) is 13.3. The van der Waals surface area contributed by atoms with Crippen molar-refractivity contribution in [2.45, 2.75) is 26.3 Å². The topological polar surface area (TPSA) is 40.5 Å². The van der Waals surface area contributed by atoms with Crippen molar-refractivity contribution in [3.8, 4) is 0 Å². The Morgan fingerprint density at radius 2 is 1.83 bits per heavy atom. The highest BCUT2D eigenvalue weighted by Crippen LogP contribution is 2.11. The van der Waals surface area contributed by atoms with Gasteiger partial charge in [-0.3, -0.25) is 4.90 Å². The van der Waals surface area contributed by atoms with Crippen LogP contribution in [-0.4, -0.2) is 29.1 Å². The maximum Gasteiger partial charge on any atom is 0.335 e. The van der Waals surface area contributed by atoms with Gasteiger partial charge in [-0.25, -0.2) is 9.18 Å². The first-order valence-corrected chi connectivity index (χ1v) is 7.87. The first-order valence-electron chi connectivity index (χ1n) is 7.87. The van der Waals surface area contributed by atoms with E-state index in [1.165, 1.54) is 6.07 Å². The minimum absolute atomic E-state index is 0.210. The molecule has 0 saturated heterocycles. The van der Waals surface area contributed by atoms with Crippen LogP contribution in [0.3, 0.4) is 0 Å². The Kier molecular flexibility index (Phi) is 6.29. The summed E-state index contributed by atoms with van der Waals surface area (Å²) in [7, 11) is 0. The van der Waals surface area contributed by atoms with Crippen LogP contribution in [0.4, 0.5) is 4.39 Å². The standard InChI is InChI=1S/C19H22FNO2/c1-2-10-21(11-9-15-5-4-8-18(20)13-15)14-16-6-3-7-17(12-16)19(22)23/h3-8,12-13H,2,9-11,14H2,1H3,(H,22,23). The highest BCUT2D eigenvalue weighted by molar-refractivity contribution is 5.87. The zero-order valence-corrected chi connectivity index (χ0v) is 13.3. The zero-order chi connectivity index (χ0) is 16.7. The van der Waals surface area contributed by atoms with Crippen LogP contribution in [0, 0.1) is 5.82 Å². The molecule has 0 spiro atoms. The highest BCUT2D eigenvalue weighted by Gasteiger charge is 2.08. The number of halogens is 1. The van der Waals surface area contributed by atoms with E-state index < -0.39 is 5.97 Å². The number of carboxylic acids is 1. The summed E-state index contributed by atoms with van der Waals surface area (Å²) < 4.78 is 13.2. The van der Waals surface area contributed by atoms with Crippen molar-refractivity contribution in [3.63, 3.8) is 0 Å². The number of rotatable bonds is 8. The molecule has 23 heavy (non-hydrogen) atoms. The fourth-order valence-electron chi connectivity index (χ4n) is 2.63. The minimum atomic E-state index is -0.909. The average molecular weight is 315 g/mol. The van der Waals surface area contributed by atoms with Gasteiger partial charge in [0.15, 0.2) is 0 Å². The highest BCUT2D eigenvalue weighted by atomic mass is 19.1. The van der Waals surface area contributed by atoms with Gasteiger partial charge < -0.3 is 5.11 Å². The van der Waals surface area contributed by atoms with Crippen LogP contribution >= 0.6 is 0 Å². The second kappa shape index (κ2) is 8.44. The van der Waals surface area contributed by atoms with Gasteiger partial charge in [-0.1, -0.05) is 31.2 Å². The van der Waals surface area contributed by atoms with E-state index in [4.69, 9.17) is 5.11 Å². The van der Waals surface area contributed by atoms with Crippen LogP contribution in [0.1, 0.15) is 34.8 Å². The maximum atomic E-state index is 13.2. The Labute approximate surface area is 136 Å². The summed E-state index contributed by atoms with van der Waals surface area (Å²) in [6.45, 7) is 4.55. The van der Waals surface area contributed by atoms with E-state index in [-0.39, 0.29) is 5.82 Å². The van der Waals surface area contributed by atoms with Gasteiger partial charge in [0, 0.05) is 13.1 Å². The molecule has 2 aromatic carbocycles. The van der Waals surface area contributed by atoms with Crippen LogP contribution in [0.15, 0.2) is 48.5 Å². The number of aromatic carboxylic acids is 1. The fraction of sp³-hybridized carbons (Fsp3) is 0.316. The van der Waals surface area contributed by atoms with E-state index in [1.807, 2.05) is 12.1 Å². The van der Waals surface area contributed by atoms with Crippen molar-refractivity contribution in [2.75, 3.05) is 13.1 Å². The van der Waals surface area contributed by atoms with Gasteiger partial charge in [-0.15, -0.1) is 0 Å². The largest absolute Gasteiger partial charge is 0.478 e. The molecule has 0 aliphatic heterocycles. The van der Waals surface area contributed by atoms with E-state index in [0.717, 1.165) is 37.1 Å². The second-order valence-corrected chi connectivity index (χ2v) is 5.66. The normalized spacial score (nSPS) is 10.9. The average Bonchev–Trinajstić information content (AvgIpc) is 2.53. The summed E-state index contributed by atoms with van der Waals surface area (Å²) in [6.07, 6.45) is 1.79. The number of carbonyl (C=O) groups is 1. The van der Waals surface area contributed by atoms with Gasteiger partial charge in [-0.05, 0) is 54.8 Å². The molecule has 0 fully saturated rings. The molecule has 2 rings (SSSR count). The van der Waals surface area contributed by atoms with E-state index >= 15 is 0 Å². The third kappa shape index (κ3) is 5.49. The molecule has 0 saturated carbocycles. The van der Waals surface area contributed by atoms with Crippen molar-refractivity contribution in [1.29, 1.82) is 0 Å². The quantitative estimate of drug-likeness (QED) is 0.801. The molecule has 0 aliphatic rings. The molecule has 0 radical (unpaired) electrons. The lowest BCUT2D eigenvalue weighted by atomic mass is 10.1. The van der Waals surface area contributed by atoms with Crippen molar-refractivity contribution in [1.82, 2.24) is 4.90 Å².